The molecule has 2 aliphatic rings. The molecule has 2 fully saturated rings. The number of nitrogens with one attached hydrogen (secondary N) is 1. The zero-order valence-corrected chi connectivity index (χ0v) is 18.1. The first-order valence-corrected chi connectivity index (χ1v) is 10.0. The molecule has 0 radical (unpaired) electrons. The van der Waals surface area contributed by atoms with Crippen molar-refractivity contribution >= 4 is 46.8 Å². The number of aromatic nitrogens is 1. The highest BCUT2D eigenvalue weighted by Gasteiger charge is 2.47. The number of carbonyl (C=O) groups is 4. The molecular formula is C20H15ClF4N4O6. The molecular weight excluding hydrogens is 504 g/mol. The largest absolute Gasteiger partial charge is 0.490 e. The molecule has 1 aromatic heterocycles. The molecule has 10 nitrogen and oxygen atoms in total. The second kappa shape index (κ2) is 10.2. The van der Waals surface area contributed by atoms with Crippen LogP contribution in [-0.2, 0) is 14.3 Å². The smallest absolute Gasteiger partial charge is 0.475 e. The maximum absolute atomic E-state index is 13.7. The van der Waals surface area contributed by atoms with Gasteiger partial charge in [0.25, 0.3) is 11.8 Å². The van der Waals surface area contributed by atoms with E-state index in [1.807, 2.05) is 0 Å². The van der Waals surface area contributed by atoms with Crippen LogP contribution in [0.2, 0.25) is 5.02 Å². The van der Waals surface area contributed by atoms with Crippen molar-refractivity contribution in [3.63, 3.8) is 0 Å². The predicted molar refractivity (Wildman–Crippen MR) is 111 cm³/mol. The molecule has 186 valence electrons. The molecule has 1 aromatic carbocycles. The quantitative estimate of drug-likeness (QED) is 0.472. The van der Waals surface area contributed by atoms with Gasteiger partial charge in [-0.05, 0) is 30.3 Å². The highest BCUT2D eigenvalue weighted by molar-refractivity contribution is 6.36. The van der Waals surface area contributed by atoms with Crippen molar-refractivity contribution < 1.29 is 46.6 Å². The van der Waals surface area contributed by atoms with Gasteiger partial charge in [0, 0.05) is 18.4 Å². The number of imide groups is 1. The minimum atomic E-state index is -5.08. The lowest BCUT2D eigenvalue weighted by Gasteiger charge is -2.26. The van der Waals surface area contributed by atoms with Gasteiger partial charge in [0.2, 0.25) is 0 Å². The Bertz CT molecular complexity index is 1150. The number of urea groups is 1. The molecule has 1 atom stereocenters. The van der Waals surface area contributed by atoms with E-state index < -0.39 is 41.9 Å². The first-order chi connectivity index (χ1) is 16.4. The van der Waals surface area contributed by atoms with Crippen LogP contribution in [0.15, 0.2) is 36.5 Å². The van der Waals surface area contributed by atoms with Gasteiger partial charge in [-0.3, -0.25) is 9.59 Å². The second-order valence-corrected chi connectivity index (χ2v) is 7.40. The van der Waals surface area contributed by atoms with Crippen molar-refractivity contribution in [1.29, 1.82) is 0 Å². The number of carboxylic acids is 1. The van der Waals surface area contributed by atoms with Crippen LogP contribution in [0, 0.1) is 5.82 Å². The van der Waals surface area contributed by atoms with Gasteiger partial charge in [-0.15, -0.1) is 0 Å². The SMILES string of the molecule is O=C(Nc1ccc(N2C(=O)C3COCCN3C2=O)c(Cl)c1)c1ncccc1F.O=C(O)C(F)(F)F. The number of carboxylic acid groups (broad SMARTS) is 1. The number of amides is 4. The topological polar surface area (TPSA) is 129 Å². The number of fused-ring (bicyclic) bond motifs is 1. The number of aliphatic carboxylic acids is 1. The first kappa shape index (κ1) is 25.8. The average Bonchev–Trinajstić information content (AvgIpc) is 3.04. The first-order valence-electron chi connectivity index (χ1n) is 9.65. The molecule has 0 saturated carbocycles. The molecule has 3 heterocycles. The van der Waals surface area contributed by atoms with Crippen molar-refractivity contribution in [3.05, 3.63) is 53.1 Å². The summed E-state index contributed by atoms with van der Waals surface area (Å²) >= 11 is 6.26. The predicted octanol–water partition coefficient (Wildman–Crippen LogP) is 2.93. The van der Waals surface area contributed by atoms with Crippen LogP contribution in [0.4, 0.5) is 33.7 Å². The maximum Gasteiger partial charge on any atom is 0.490 e. The molecule has 35 heavy (non-hydrogen) atoms. The Morgan fingerprint density at radius 2 is 1.91 bits per heavy atom. The van der Waals surface area contributed by atoms with E-state index in [2.05, 4.69) is 10.3 Å². The average molecular weight is 519 g/mol. The van der Waals surface area contributed by atoms with Crippen LogP contribution in [0.5, 0.6) is 0 Å². The lowest BCUT2D eigenvalue weighted by Crippen LogP contribution is -2.45. The number of hydrogen-bond donors (Lipinski definition) is 2. The summed E-state index contributed by atoms with van der Waals surface area (Å²) in [5, 5.41) is 9.70. The molecule has 0 aliphatic carbocycles. The van der Waals surface area contributed by atoms with E-state index in [1.165, 1.54) is 35.4 Å². The molecule has 4 amide bonds. The number of alkyl halides is 3. The Hall–Kier alpha value is -3.78. The number of pyridine rings is 1. The molecule has 0 bridgehead atoms. The summed E-state index contributed by atoms with van der Waals surface area (Å²) in [5.41, 5.74) is 0.113. The van der Waals surface area contributed by atoms with E-state index in [9.17, 15) is 31.9 Å². The van der Waals surface area contributed by atoms with Gasteiger partial charge in [0.1, 0.15) is 6.04 Å². The maximum atomic E-state index is 13.7. The van der Waals surface area contributed by atoms with Crippen molar-refractivity contribution in [2.24, 2.45) is 0 Å². The Kier molecular flexibility index (Phi) is 7.55. The number of benzene rings is 1. The van der Waals surface area contributed by atoms with Crippen molar-refractivity contribution in [1.82, 2.24) is 9.88 Å². The number of ether oxygens (including phenoxy) is 1. The lowest BCUT2D eigenvalue weighted by molar-refractivity contribution is -0.192. The number of halogens is 5. The number of carbonyl (C=O) groups excluding carboxylic acids is 3. The number of rotatable bonds is 3. The lowest BCUT2D eigenvalue weighted by atomic mass is 10.2. The van der Waals surface area contributed by atoms with Crippen molar-refractivity contribution in [3.8, 4) is 0 Å². The summed E-state index contributed by atoms with van der Waals surface area (Å²) in [6.45, 7) is 0.835. The molecule has 2 saturated heterocycles. The van der Waals surface area contributed by atoms with Gasteiger partial charge in [-0.2, -0.15) is 13.2 Å². The monoisotopic (exact) mass is 518 g/mol. The molecule has 15 heteroatoms. The summed E-state index contributed by atoms with van der Waals surface area (Å²) in [4.78, 5) is 52.4. The van der Waals surface area contributed by atoms with E-state index in [0.29, 0.717) is 13.2 Å². The Morgan fingerprint density at radius 3 is 2.49 bits per heavy atom. The number of morpholine rings is 1. The Labute approximate surface area is 199 Å². The van der Waals surface area contributed by atoms with Gasteiger partial charge in [-0.25, -0.2) is 23.9 Å². The van der Waals surface area contributed by atoms with Crippen LogP contribution < -0.4 is 10.2 Å². The van der Waals surface area contributed by atoms with Crippen LogP contribution in [0.3, 0.4) is 0 Å². The molecule has 2 aromatic rings. The second-order valence-electron chi connectivity index (χ2n) is 7.00. The number of hydrogen-bond acceptors (Lipinski definition) is 6. The molecule has 1 unspecified atom stereocenters. The summed E-state index contributed by atoms with van der Waals surface area (Å²) in [7, 11) is 0. The highest BCUT2D eigenvalue weighted by Crippen LogP contribution is 2.34. The Balaban J connectivity index is 0.000000429. The van der Waals surface area contributed by atoms with E-state index >= 15 is 0 Å². The van der Waals surface area contributed by atoms with Gasteiger partial charge >= 0.3 is 18.2 Å². The van der Waals surface area contributed by atoms with Crippen LogP contribution in [-0.4, -0.2) is 70.8 Å². The third-order valence-electron chi connectivity index (χ3n) is 4.73. The minimum absolute atomic E-state index is 0.0850. The van der Waals surface area contributed by atoms with Crippen molar-refractivity contribution in [2.45, 2.75) is 12.2 Å². The number of nitrogens with zero attached hydrogens (tertiary/aromatic N) is 3. The summed E-state index contributed by atoms with van der Waals surface area (Å²) in [6, 6.07) is 5.67. The normalized spacial score (nSPS) is 17.5. The summed E-state index contributed by atoms with van der Waals surface area (Å²) < 4.78 is 50.7. The van der Waals surface area contributed by atoms with E-state index in [-0.39, 0.29) is 28.7 Å². The highest BCUT2D eigenvalue weighted by atomic mass is 35.5. The molecule has 2 aliphatic heterocycles. The molecule has 0 spiro atoms. The number of anilines is 2. The fourth-order valence-electron chi connectivity index (χ4n) is 3.14. The fraction of sp³-hybridized carbons (Fsp3) is 0.250. The van der Waals surface area contributed by atoms with Gasteiger partial charge in [0.15, 0.2) is 11.5 Å². The molecule has 4 rings (SSSR count). The zero-order chi connectivity index (χ0) is 25.9. The van der Waals surface area contributed by atoms with Crippen LogP contribution >= 0.6 is 11.6 Å². The van der Waals surface area contributed by atoms with Gasteiger partial charge in [-0.1, -0.05) is 11.6 Å². The van der Waals surface area contributed by atoms with E-state index in [1.54, 1.807) is 0 Å². The van der Waals surface area contributed by atoms with Gasteiger partial charge < -0.3 is 20.1 Å². The van der Waals surface area contributed by atoms with E-state index in [4.69, 9.17) is 26.2 Å². The van der Waals surface area contributed by atoms with E-state index in [0.717, 1.165) is 11.0 Å². The van der Waals surface area contributed by atoms with Gasteiger partial charge in [0.05, 0.1) is 23.9 Å². The summed E-state index contributed by atoms with van der Waals surface area (Å²) in [6.07, 6.45) is -3.78. The van der Waals surface area contributed by atoms with Crippen LogP contribution in [0.25, 0.3) is 0 Å². The third-order valence-corrected chi connectivity index (χ3v) is 5.04. The minimum Gasteiger partial charge on any atom is -0.475 e. The third kappa shape index (κ3) is 5.66. The standard InChI is InChI=1S/C18H14ClFN4O4.C2HF3O2/c19-11-8-10(22-16(25)15-12(20)2-1-5-21-15)3-4-13(11)24-17(26)14-9-28-7-6-23(14)18(24)27;3-2(4,5)1(6)7/h1-5,8,14H,6-7,9H2,(H,22,25);(H,6,7). The fourth-order valence-corrected chi connectivity index (χ4v) is 3.40. The Morgan fingerprint density at radius 1 is 1.23 bits per heavy atom. The zero-order valence-electron chi connectivity index (χ0n) is 17.4. The summed E-state index contributed by atoms with van der Waals surface area (Å²) in [5.74, 6) is -4.68. The molecule has 2 N–H and O–H groups in total. The van der Waals surface area contributed by atoms with Crippen molar-refractivity contribution in [2.75, 3.05) is 30.0 Å². The van der Waals surface area contributed by atoms with Crippen LogP contribution in [0.1, 0.15) is 10.5 Å².